The Bertz CT molecular complexity index is 573. The molecule has 1 N–H and O–H groups in total. The lowest BCUT2D eigenvalue weighted by atomic mass is 10.0. The molecule has 0 radical (unpaired) electrons. The number of ketones is 1. The zero-order valence-electron chi connectivity index (χ0n) is 11.5. The first-order valence-electron chi connectivity index (χ1n) is 7.05. The van der Waals surface area contributed by atoms with Crippen molar-refractivity contribution in [3.8, 4) is 0 Å². The van der Waals surface area contributed by atoms with E-state index in [2.05, 4.69) is 22.9 Å². The molecule has 1 saturated heterocycles. The highest BCUT2D eigenvalue weighted by Crippen LogP contribution is 2.30. The van der Waals surface area contributed by atoms with Crippen molar-refractivity contribution in [3.05, 3.63) is 28.2 Å². The van der Waals surface area contributed by atoms with Crippen LogP contribution in [0.1, 0.15) is 30.1 Å². The summed E-state index contributed by atoms with van der Waals surface area (Å²) in [5.74, 6) is -0.0777. The van der Waals surface area contributed by atoms with E-state index in [0.29, 0.717) is 18.2 Å². The first-order valence-corrected chi connectivity index (χ1v) is 7.85. The van der Waals surface area contributed by atoms with Crippen LogP contribution < -0.4 is 9.80 Å². The first kappa shape index (κ1) is 13.8. The van der Waals surface area contributed by atoms with Gasteiger partial charge in [0.2, 0.25) is 0 Å². The van der Waals surface area contributed by atoms with E-state index < -0.39 is 0 Å². The number of fused-ring (bicyclic) bond motifs is 1. The minimum absolute atomic E-state index is 0.384. The Hall–Kier alpha value is -1.20. The maximum Gasteiger partial charge on any atom is 0.303 e. The monoisotopic (exact) mass is 337 g/mol. The number of halogens is 1. The predicted molar refractivity (Wildman–Crippen MR) is 79.9 cm³/mol. The van der Waals surface area contributed by atoms with Crippen molar-refractivity contribution >= 4 is 33.3 Å². The summed E-state index contributed by atoms with van der Waals surface area (Å²) in [6.45, 7) is 5.00. The number of piperidine rings is 1. The molecule has 0 aromatic heterocycles. The SMILES string of the molecule is C[C@H]1CCC[NH+](CN2C(=O)C(=O)c3cc(Br)ccc32)C1. The molecule has 2 atom stereocenters. The lowest BCUT2D eigenvalue weighted by Crippen LogP contribution is -3.15. The number of nitrogens with one attached hydrogen (secondary N) is 1. The van der Waals surface area contributed by atoms with E-state index in [1.54, 1.807) is 11.0 Å². The highest BCUT2D eigenvalue weighted by atomic mass is 79.9. The van der Waals surface area contributed by atoms with Gasteiger partial charge in [-0.3, -0.25) is 14.5 Å². The van der Waals surface area contributed by atoms with Crippen molar-refractivity contribution in [2.75, 3.05) is 24.7 Å². The van der Waals surface area contributed by atoms with E-state index in [1.165, 1.54) is 17.7 Å². The van der Waals surface area contributed by atoms with Gasteiger partial charge in [-0.25, -0.2) is 0 Å². The lowest BCUT2D eigenvalue weighted by Gasteiger charge is -2.30. The molecular formula is C15H18BrN2O2+. The maximum atomic E-state index is 12.2. The average molecular weight is 338 g/mol. The van der Waals surface area contributed by atoms with E-state index in [9.17, 15) is 9.59 Å². The van der Waals surface area contributed by atoms with Crippen molar-refractivity contribution in [2.45, 2.75) is 19.8 Å². The molecule has 1 amide bonds. The number of carbonyl (C=O) groups is 2. The molecule has 2 heterocycles. The summed E-state index contributed by atoms with van der Waals surface area (Å²) in [4.78, 5) is 27.3. The van der Waals surface area contributed by atoms with Crippen LogP contribution in [0.3, 0.4) is 0 Å². The fourth-order valence-electron chi connectivity index (χ4n) is 3.19. The number of quaternary nitrogens is 1. The Labute approximate surface area is 126 Å². The minimum Gasteiger partial charge on any atom is -0.317 e. The van der Waals surface area contributed by atoms with Crippen LogP contribution in [0, 0.1) is 5.92 Å². The van der Waals surface area contributed by atoms with Gasteiger partial charge in [-0.1, -0.05) is 22.9 Å². The Kier molecular flexibility index (Phi) is 3.65. The van der Waals surface area contributed by atoms with E-state index in [1.807, 2.05) is 12.1 Å². The van der Waals surface area contributed by atoms with E-state index in [-0.39, 0.29) is 11.7 Å². The fourth-order valence-corrected chi connectivity index (χ4v) is 3.56. The molecule has 0 aliphatic carbocycles. The third-order valence-electron chi connectivity index (χ3n) is 4.18. The molecular weight excluding hydrogens is 320 g/mol. The van der Waals surface area contributed by atoms with Crippen molar-refractivity contribution in [1.29, 1.82) is 0 Å². The van der Waals surface area contributed by atoms with Crippen LogP contribution in [0.25, 0.3) is 0 Å². The molecule has 2 aliphatic rings. The summed E-state index contributed by atoms with van der Waals surface area (Å²) in [5.41, 5.74) is 1.28. The Morgan fingerprint density at radius 1 is 1.40 bits per heavy atom. The number of benzene rings is 1. The third-order valence-corrected chi connectivity index (χ3v) is 4.67. The van der Waals surface area contributed by atoms with Gasteiger partial charge >= 0.3 is 5.91 Å². The summed E-state index contributed by atoms with van der Waals surface area (Å²) >= 11 is 3.35. The Balaban J connectivity index is 1.84. The second-order valence-electron chi connectivity index (χ2n) is 5.83. The summed E-state index contributed by atoms with van der Waals surface area (Å²) in [6, 6.07) is 5.48. The quantitative estimate of drug-likeness (QED) is 0.825. The highest BCUT2D eigenvalue weighted by Gasteiger charge is 2.38. The molecule has 0 saturated carbocycles. The number of nitrogens with zero attached hydrogens (tertiary/aromatic N) is 1. The molecule has 1 aromatic rings. The van der Waals surface area contributed by atoms with E-state index in [4.69, 9.17) is 0 Å². The second kappa shape index (κ2) is 5.30. The number of anilines is 1. The fraction of sp³-hybridized carbons (Fsp3) is 0.467. The molecule has 1 aromatic carbocycles. The summed E-state index contributed by atoms with van der Waals surface area (Å²) < 4.78 is 0.832. The van der Waals surface area contributed by atoms with Gasteiger partial charge in [-0.15, -0.1) is 0 Å². The summed E-state index contributed by atoms with van der Waals surface area (Å²) in [5, 5.41) is 0. The molecule has 106 valence electrons. The summed E-state index contributed by atoms with van der Waals surface area (Å²) in [7, 11) is 0. The van der Waals surface area contributed by atoms with Crippen molar-refractivity contribution in [3.63, 3.8) is 0 Å². The van der Waals surface area contributed by atoms with Gasteiger partial charge in [-0.05, 0) is 31.0 Å². The average Bonchev–Trinajstić information content (AvgIpc) is 2.64. The van der Waals surface area contributed by atoms with Gasteiger partial charge in [0, 0.05) is 10.4 Å². The van der Waals surface area contributed by atoms with E-state index in [0.717, 1.165) is 23.2 Å². The van der Waals surface area contributed by atoms with Crippen LogP contribution in [0.4, 0.5) is 5.69 Å². The van der Waals surface area contributed by atoms with Crippen LogP contribution in [0.5, 0.6) is 0 Å². The Morgan fingerprint density at radius 3 is 2.95 bits per heavy atom. The molecule has 1 fully saturated rings. The van der Waals surface area contributed by atoms with E-state index >= 15 is 0 Å². The second-order valence-corrected chi connectivity index (χ2v) is 6.75. The third kappa shape index (κ3) is 2.40. The normalized spacial score (nSPS) is 26.0. The molecule has 0 spiro atoms. The summed E-state index contributed by atoms with van der Waals surface area (Å²) in [6.07, 6.45) is 2.46. The lowest BCUT2D eigenvalue weighted by molar-refractivity contribution is -0.907. The van der Waals surface area contributed by atoms with Gasteiger partial charge in [0.25, 0.3) is 5.78 Å². The molecule has 4 nitrogen and oxygen atoms in total. The molecule has 2 aliphatic heterocycles. The van der Waals surface area contributed by atoms with Crippen LogP contribution >= 0.6 is 15.9 Å². The van der Waals surface area contributed by atoms with Gasteiger partial charge < -0.3 is 4.90 Å². The Morgan fingerprint density at radius 2 is 2.20 bits per heavy atom. The van der Waals surface area contributed by atoms with Crippen molar-refractivity contribution < 1.29 is 14.5 Å². The number of amides is 1. The van der Waals surface area contributed by atoms with Crippen LogP contribution in [0.15, 0.2) is 22.7 Å². The van der Waals surface area contributed by atoms with Crippen LogP contribution in [0.2, 0.25) is 0 Å². The van der Waals surface area contributed by atoms with Gasteiger partial charge in [0.1, 0.15) is 0 Å². The van der Waals surface area contributed by atoms with Gasteiger partial charge in [0.05, 0.1) is 24.3 Å². The molecule has 5 heteroatoms. The standard InChI is InChI=1S/C15H17BrN2O2/c1-10-3-2-6-17(8-10)9-18-13-5-4-11(16)7-12(13)14(19)15(18)20/h4-5,7,10H,2-3,6,8-9H2,1H3/p+1/t10-/m0/s1. The van der Waals surface area contributed by atoms with Crippen LogP contribution in [-0.2, 0) is 4.79 Å². The number of carbonyl (C=O) groups excluding carboxylic acids is 2. The number of hydrogen-bond donors (Lipinski definition) is 1. The van der Waals surface area contributed by atoms with Crippen molar-refractivity contribution in [2.24, 2.45) is 5.92 Å². The topological polar surface area (TPSA) is 41.8 Å². The van der Waals surface area contributed by atoms with Crippen molar-refractivity contribution in [1.82, 2.24) is 0 Å². The zero-order valence-corrected chi connectivity index (χ0v) is 13.1. The van der Waals surface area contributed by atoms with Gasteiger partial charge in [0.15, 0.2) is 6.67 Å². The zero-order chi connectivity index (χ0) is 14.3. The largest absolute Gasteiger partial charge is 0.317 e. The first-order chi connectivity index (χ1) is 9.56. The van der Waals surface area contributed by atoms with Gasteiger partial charge in [-0.2, -0.15) is 0 Å². The molecule has 20 heavy (non-hydrogen) atoms. The number of Topliss-reactive ketones (excluding diaryl/α,β-unsaturated/α-hetero) is 1. The molecule has 0 bridgehead atoms. The molecule has 3 rings (SSSR count). The number of likely N-dealkylation sites (tertiary alicyclic amines) is 1. The predicted octanol–water partition coefficient (Wildman–Crippen LogP) is 1.25. The van der Waals surface area contributed by atoms with Crippen LogP contribution in [-0.4, -0.2) is 31.4 Å². The minimum atomic E-state index is -0.385. The number of rotatable bonds is 2. The maximum absolute atomic E-state index is 12.2. The number of hydrogen-bond acceptors (Lipinski definition) is 2. The smallest absolute Gasteiger partial charge is 0.303 e. The highest BCUT2D eigenvalue weighted by molar-refractivity contribution is 9.10. The molecule has 1 unspecified atom stereocenters.